The number of aromatic hydroxyl groups is 1. The Bertz CT molecular complexity index is 628. The Hall–Kier alpha value is -2.14. The van der Waals surface area contributed by atoms with E-state index in [4.69, 9.17) is 5.73 Å². The molecule has 0 saturated carbocycles. The van der Waals surface area contributed by atoms with Crippen LogP contribution in [0.3, 0.4) is 0 Å². The van der Waals surface area contributed by atoms with Crippen molar-refractivity contribution in [1.29, 1.82) is 0 Å². The predicted molar refractivity (Wildman–Crippen MR) is 89.8 cm³/mol. The summed E-state index contributed by atoms with van der Waals surface area (Å²) < 4.78 is 0. The van der Waals surface area contributed by atoms with Crippen molar-refractivity contribution in [3.63, 3.8) is 0 Å². The summed E-state index contributed by atoms with van der Waals surface area (Å²) in [6.07, 6.45) is 2.72. The fraction of sp³-hybridized carbons (Fsp3) is 0.412. The summed E-state index contributed by atoms with van der Waals surface area (Å²) in [5.41, 5.74) is 7.68. The molecule has 1 aromatic carbocycles. The summed E-state index contributed by atoms with van der Waals surface area (Å²) in [6, 6.07) is 7.14. The topological polar surface area (TPSA) is 84.1 Å². The highest BCUT2D eigenvalue weighted by Crippen LogP contribution is 2.26. The van der Waals surface area contributed by atoms with Crippen molar-refractivity contribution in [1.82, 2.24) is 9.97 Å². The number of rotatable bonds is 6. The number of nitrogens with one attached hydrogen (secondary N) is 1. The number of para-hydroxylation sites is 1. The Morgan fingerprint density at radius 3 is 2.68 bits per heavy atom. The Labute approximate surface area is 131 Å². The number of anilines is 1. The van der Waals surface area contributed by atoms with E-state index in [1.165, 1.54) is 0 Å². The molecule has 2 aromatic rings. The molecule has 22 heavy (non-hydrogen) atoms. The molecule has 0 aliphatic rings. The lowest BCUT2D eigenvalue weighted by Crippen LogP contribution is -2.30. The third-order valence-electron chi connectivity index (χ3n) is 3.42. The predicted octanol–water partition coefficient (Wildman–Crippen LogP) is 2.94. The second-order valence-corrected chi connectivity index (χ2v) is 6.01. The van der Waals surface area contributed by atoms with Crippen LogP contribution in [0.25, 0.3) is 11.4 Å². The second kappa shape index (κ2) is 7.22. The average Bonchev–Trinajstić information content (AvgIpc) is 2.46. The molecule has 0 unspecified atom stereocenters. The van der Waals surface area contributed by atoms with Crippen LogP contribution in [0.4, 0.5) is 5.82 Å². The van der Waals surface area contributed by atoms with E-state index in [1.54, 1.807) is 24.4 Å². The van der Waals surface area contributed by atoms with Gasteiger partial charge in [-0.2, -0.15) is 0 Å². The number of phenolic OH excluding ortho intramolecular Hbond substituents is 1. The van der Waals surface area contributed by atoms with Crippen LogP contribution in [-0.2, 0) is 0 Å². The minimum atomic E-state index is 0.0861. The number of benzene rings is 1. The van der Waals surface area contributed by atoms with Crippen molar-refractivity contribution >= 4 is 5.82 Å². The SMILES string of the molecule is Cc1cnc(-c2ccccc2O)nc1NC[C@H](N)CC(C)C. The largest absolute Gasteiger partial charge is 0.507 e. The van der Waals surface area contributed by atoms with Crippen LogP contribution in [-0.4, -0.2) is 27.7 Å². The Balaban J connectivity index is 2.16. The van der Waals surface area contributed by atoms with E-state index in [9.17, 15) is 5.11 Å². The van der Waals surface area contributed by atoms with Crippen LogP contribution in [0.2, 0.25) is 0 Å². The van der Waals surface area contributed by atoms with Crippen molar-refractivity contribution in [3.05, 3.63) is 36.0 Å². The molecule has 5 heteroatoms. The normalized spacial score (nSPS) is 12.4. The van der Waals surface area contributed by atoms with Gasteiger partial charge in [-0.25, -0.2) is 9.97 Å². The molecule has 2 rings (SSSR count). The molecular weight excluding hydrogens is 276 g/mol. The highest BCUT2D eigenvalue weighted by Gasteiger charge is 2.11. The van der Waals surface area contributed by atoms with Gasteiger partial charge in [-0.05, 0) is 31.4 Å². The summed E-state index contributed by atoms with van der Waals surface area (Å²) in [5, 5.41) is 13.2. The van der Waals surface area contributed by atoms with Gasteiger partial charge in [0.2, 0.25) is 0 Å². The molecule has 0 saturated heterocycles. The number of hydrogen-bond donors (Lipinski definition) is 3. The molecule has 1 aromatic heterocycles. The fourth-order valence-electron chi connectivity index (χ4n) is 2.33. The Morgan fingerprint density at radius 2 is 2.00 bits per heavy atom. The maximum atomic E-state index is 9.92. The first kappa shape index (κ1) is 16.2. The molecule has 0 spiro atoms. The van der Waals surface area contributed by atoms with Crippen LogP contribution >= 0.6 is 0 Å². The first-order valence-electron chi connectivity index (χ1n) is 7.58. The second-order valence-electron chi connectivity index (χ2n) is 6.01. The van der Waals surface area contributed by atoms with Crippen LogP contribution in [0.1, 0.15) is 25.8 Å². The van der Waals surface area contributed by atoms with E-state index in [0.717, 1.165) is 17.8 Å². The van der Waals surface area contributed by atoms with Gasteiger partial charge in [0.05, 0.1) is 5.56 Å². The van der Waals surface area contributed by atoms with Gasteiger partial charge in [-0.15, -0.1) is 0 Å². The maximum absolute atomic E-state index is 9.92. The standard InChI is InChI=1S/C17H24N4O/c1-11(2)8-13(18)10-20-16-12(3)9-19-17(21-16)14-6-4-5-7-15(14)22/h4-7,9,11,13,22H,8,10,18H2,1-3H3,(H,19,20,21)/t13-/m1/s1. The molecule has 0 aliphatic carbocycles. The van der Waals surface area contributed by atoms with Crippen LogP contribution < -0.4 is 11.1 Å². The number of aryl methyl sites for hydroxylation is 1. The van der Waals surface area contributed by atoms with Crippen LogP contribution in [0, 0.1) is 12.8 Å². The molecule has 0 radical (unpaired) electrons. The summed E-state index contributed by atoms with van der Waals surface area (Å²) in [6.45, 7) is 6.93. The van der Waals surface area contributed by atoms with Gasteiger partial charge in [0.25, 0.3) is 0 Å². The van der Waals surface area contributed by atoms with Crippen molar-refractivity contribution in [2.75, 3.05) is 11.9 Å². The summed E-state index contributed by atoms with van der Waals surface area (Å²) >= 11 is 0. The number of hydrogen-bond acceptors (Lipinski definition) is 5. The minimum absolute atomic E-state index is 0.0861. The molecule has 5 nitrogen and oxygen atoms in total. The third-order valence-corrected chi connectivity index (χ3v) is 3.42. The Morgan fingerprint density at radius 1 is 1.27 bits per heavy atom. The van der Waals surface area contributed by atoms with E-state index in [0.29, 0.717) is 23.9 Å². The van der Waals surface area contributed by atoms with Gasteiger partial charge < -0.3 is 16.2 Å². The van der Waals surface area contributed by atoms with E-state index in [-0.39, 0.29) is 11.8 Å². The van der Waals surface area contributed by atoms with E-state index >= 15 is 0 Å². The number of nitrogens with zero attached hydrogens (tertiary/aromatic N) is 2. The molecule has 4 N–H and O–H groups in total. The molecule has 0 aliphatic heterocycles. The van der Waals surface area contributed by atoms with Crippen LogP contribution in [0.15, 0.2) is 30.5 Å². The van der Waals surface area contributed by atoms with Crippen molar-refractivity contribution in [3.8, 4) is 17.1 Å². The summed E-state index contributed by atoms with van der Waals surface area (Å²) in [5.74, 6) is 2.00. The number of aromatic nitrogens is 2. The minimum Gasteiger partial charge on any atom is -0.507 e. The lowest BCUT2D eigenvalue weighted by Gasteiger charge is -2.16. The monoisotopic (exact) mass is 300 g/mol. The molecule has 118 valence electrons. The number of nitrogens with two attached hydrogens (primary N) is 1. The van der Waals surface area contributed by atoms with Gasteiger partial charge in [0.15, 0.2) is 5.82 Å². The first-order chi connectivity index (χ1) is 10.5. The summed E-state index contributed by atoms with van der Waals surface area (Å²) in [7, 11) is 0. The molecule has 0 fully saturated rings. The molecular formula is C17H24N4O. The van der Waals surface area contributed by atoms with E-state index in [2.05, 4.69) is 29.1 Å². The molecule has 0 bridgehead atoms. The maximum Gasteiger partial charge on any atom is 0.165 e. The zero-order chi connectivity index (χ0) is 16.1. The smallest absolute Gasteiger partial charge is 0.165 e. The van der Waals surface area contributed by atoms with Gasteiger partial charge in [0.1, 0.15) is 11.6 Å². The van der Waals surface area contributed by atoms with Gasteiger partial charge in [0, 0.05) is 24.3 Å². The van der Waals surface area contributed by atoms with Gasteiger partial charge in [-0.1, -0.05) is 26.0 Å². The van der Waals surface area contributed by atoms with Crippen molar-refractivity contribution in [2.45, 2.75) is 33.2 Å². The first-order valence-corrected chi connectivity index (χ1v) is 7.58. The number of phenols is 1. The van der Waals surface area contributed by atoms with Gasteiger partial charge >= 0.3 is 0 Å². The zero-order valence-electron chi connectivity index (χ0n) is 13.4. The third kappa shape index (κ3) is 4.18. The molecule has 1 heterocycles. The Kier molecular flexibility index (Phi) is 5.33. The van der Waals surface area contributed by atoms with Crippen molar-refractivity contribution < 1.29 is 5.11 Å². The lowest BCUT2D eigenvalue weighted by molar-refractivity contribution is 0.477. The van der Waals surface area contributed by atoms with E-state index in [1.807, 2.05) is 13.0 Å². The van der Waals surface area contributed by atoms with Crippen molar-refractivity contribution in [2.24, 2.45) is 11.7 Å². The quantitative estimate of drug-likeness (QED) is 0.764. The highest BCUT2D eigenvalue weighted by molar-refractivity contribution is 5.65. The highest BCUT2D eigenvalue weighted by atomic mass is 16.3. The van der Waals surface area contributed by atoms with E-state index < -0.39 is 0 Å². The van der Waals surface area contributed by atoms with Gasteiger partial charge in [-0.3, -0.25) is 0 Å². The zero-order valence-corrected chi connectivity index (χ0v) is 13.4. The van der Waals surface area contributed by atoms with Crippen LogP contribution in [0.5, 0.6) is 5.75 Å². The molecule has 1 atom stereocenters. The summed E-state index contributed by atoms with van der Waals surface area (Å²) in [4.78, 5) is 8.82. The average molecular weight is 300 g/mol. The fourth-order valence-corrected chi connectivity index (χ4v) is 2.33. The lowest BCUT2D eigenvalue weighted by atomic mass is 10.0. The molecule has 0 amide bonds.